The first-order valence-electron chi connectivity index (χ1n) is 7.05. The largest absolute Gasteiger partial charge is 0.379 e. The van der Waals surface area contributed by atoms with E-state index in [9.17, 15) is 4.79 Å². The lowest BCUT2D eigenvalue weighted by Gasteiger charge is -2.40. The van der Waals surface area contributed by atoms with Crippen molar-refractivity contribution in [1.29, 1.82) is 0 Å². The number of hydrogen-bond acceptors (Lipinski definition) is 1. The van der Waals surface area contributed by atoms with Crippen molar-refractivity contribution in [1.82, 2.24) is 4.23 Å². The number of hydrogen-bond donors (Lipinski definition) is 0. The van der Waals surface area contributed by atoms with Gasteiger partial charge in [-0.05, 0) is 36.3 Å². The summed E-state index contributed by atoms with van der Waals surface area (Å²) in [5, 5.41) is 0. The van der Waals surface area contributed by atoms with Gasteiger partial charge in [0, 0.05) is 11.8 Å². The van der Waals surface area contributed by atoms with Crippen molar-refractivity contribution in [2.75, 3.05) is 0 Å². The van der Waals surface area contributed by atoms with Crippen molar-refractivity contribution in [2.45, 2.75) is 65.1 Å². The Morgan fingerprint density at radius 2 is 1.83 bits per heavy atom. The van der Waals surface area contributed by atoms with Crippen LogP contribution in [0.5, 0.6) is 0 Å². The predicted molar refractivity (Wildman–Crippen MR) is 80.9 cm³/mol. The third-order valence-corrected chi connectivity index (χ3v) is 10.8. The van der Waals surface area contributed by atoms with E-state index in [4.69, 9.17) is 0 Å². The minimum absolute atomic E-state index is 0.167. The first-order chi connectivity index (χ1) is 8.36. The Morgan fingerprint density at radius 1 is 1.28 bits per heavy atom. The van der Waals surface area contributed by atoms with Gasteiger partial charge in [0.15, 0.2) is 14.0 Å². The molecule has 0 atom stereocenters. The van der Waals surface area contributed by atoms with Crippen LogP contribution in [0.4, 0.5) is 0 Å². The number of aromatic nitrogens is 1. The molecule has 1 aromatic rings. The molecule has 0 spiro atoms. The summed E-state index contributed by atoms with van der Waals surface area (Å²) in [6.07, 6.45) is 5.44. The predicted octanol–water partition coefficient (Wildman–Crippen LogP) is 4.71. The van der Waals surface area contributed by atoms with Gasteiger partial charge in [-0.2, -0.15) is 0 Å². The standard InChI is InChI=1S/C15H27NOSi/c1-7-10-18(12(2)3,13(4)5)16-9-8-15(11-16)14(6)17/h8-9,11-13H,7,10H2,1-6H3. The number of nitrogens with zero attached hydrogens (tertiary/aromatic N) is 1. The van der Waals surface area contributed by atoms with Gasteiger partial charge < -0.3 is 4.23 Å². The monoisotopic (exact) mass is 265 g/mol. The molecular formula is C15H27NOSi. The fourth-order valence-electron chi connectivity index (χ4n) is 3.23. The van der Waals surface area contributed by atoms with Crippen LogP contribution >= 0.6 is 0 Å². The molecule has 1 rings (SSSR count). The van der Waals surface area contributed by atoms with E-state index in [2.05, 4.69) is 51.2 Å². The average molecular weight is 265 g/mol. The van der Waals surface area contributed by atoms with E-state index in [0.29, 0.717) is 11.1 Å². The Morgan fingerprint density at radius 3 is 2.17 bits per heavy atom. The first-order valence-corrected chi connectivity index (χ1v) is 9.36. The highest BCUT2D eigenvalue weighted by atomic mass is 28.3. The summed E-state index contributed by atoms with van der Waals surface area (Å²) < 4.78 is 2.42. The molecule has 0 aliphatic heterocycles. The summed E-state index contributed by atoms with van der Waals surface area (Å²) in [5.41, 5.74) is 2.22. The van der Waals surface area contributed by atoms with Crippen LogP contribution in [-0.4, -0.2) is 18.3 Å². The molecule has 0 fully saturated rings. The highest BCUT2D eigenvalue weighted by Crippen LogP contribution is 2.38. The van der Waals surface area contributed by atoms with Gasteiger partial charge in [-0.15, -0.1) is 0 Å². The van der Waals surface area contributed by atoms with Gasteiger partial charge >= 0.3 is 0 Å². The van der Waals surface area contributed by atoms with E-state index in [-0.39, 0.29) is 5.78 Å². The van der Waals surface area contributed by atoms with Crippen molar-refractivity contribution in [2.24, 2.45) is 0 Å². The Bertz CT molecular complexity index is 398. The molecule has 1 aromatic heterocycles. The number of carbonyl (C=O) groups is 1. The molecule has 0 radical (unpaired) electrons. The fourth-order valence-corrected chi connectivity index (χ4v) is 8.70. The molecule has 0 bridgehead atoms. The third-order valence-electron chi connectivity index (χ3n) is 4.23. The summed E-state index contributed by atoms with van der Waals surface area (Å²) in [5.74, 6) is 0.167. The number of ketones is 1. The molecule has 0 aliphatic rings. The van der Waals surface area contributed by atoms with Crippen LogP contribution in [0.2, 0.25) is 17.1 Å². The van der Waals surface area contributed by atoms with Crippen molar-refractivity contribution >= 4 is 14.0 Å². The van der Waals surface area contributed by atoms with Crippen molar-refractivity contribution in [3.8, 4) is 0 Å². The number of rotatable bonds is 6. The van der Waals surface area contributed by atoms with Gasteiger partial charge in [0.25, 0.3) is 0 Å². The highest BCUT2D eigenvalue weighted by Gasteiger charge is 2.41. The molecule has 0 amide bonds. The van der Waals surface area contributed by atoms with Crippen LogP contribution in [0.1, 0.15) is 58.3 Å². The summed E-state index contributed by atoms with van der Waals surface area (Å²) in [4.78, 5) is 11.5. The summed E-state index contributed by atoms with van der Waals surface area (Å²) >= 11 is 0. The van der Waals surface area contributed by atoms with Gasteiger partial charge in [0.1, 0.15) is 0 Å². The topological polar surface area (TPSA) is 22.0 Å². The Balaban J connectivity index is 3.27. The minimum atomic E-state index is -1.59. The normalized spacial score (nSPS) is 12.4. The SMILES string of the molecule is CCC[Si](C(C)C)(C(C)C)n1ccc(C(C)=O)c1. The van der Waals surface area contributed by atoms with E-state index in [1.807, 2.05) is 6.07 Å². The Labute approximate surface area is 112 Å². The molecule has 0 saturated carbocycles. The van der Waals surface area contributed by atoms with Crippen LogP contribution in [0.3, 0.4) is 0 Å². The van der Waals surface area contributed by atoms with E-state index in [0.717, 1.165) is 5.56 Å². The lowest BCUT2D eigenvalue weighted by Crippen LogP contribution is -2.48. The maximum atomic E-state index is 11.5. The van der Waals surface area contributed by atoms with E-state index in [1.54, 1.807) is 6.92 Å². The van der Waals surface area contributed by atoms with Gasteiger partial charge in [-0.25, -0.2) is 0 Å². The molecule has 0 aromatic carbocycles. The molecule has 102 valence electrons. The van der Waals surface area contributed by atoms with Crippen molar-refractivity contribution < 1.29 is 4.79 Å². The molecule has 0 N–H and O–H groups in total. The molecule has 0 saturated heterocycles. The van der Waals surface area contributed by atoms with E-state index < -0.39 is 8.24 Å². The third kappa shape index (κ3) is 2.61. The average Bonchev–Trinajstić information content (AvgIpc) is 2.74. The van der Waals surface area contributed by atoms with Gasteiger partial charge in [-0.1, -0.05) is 41.0 Å². The first kappa shape index (κ1) is 15.2. The summed E-state index contributed by atoms with van der Waals surface area (Å²) in [6.45, 7) is 13.3. The Hall–Kier alpha value is -0.833. The second-order valence-electron chi connectivity index (χ2n) is 5.91. The lowest BCUT2D eigenvalue weighted by molar-refractivity contribution is 0.101. The molecule has 0 aliphatic carbocycles. The van der Waals surface area contributed by atoms with Gasteiger partial charge in [0.2, 0.25) is 0 Å². The highest BCUT2D eigenvalue weighted by molar-refractivity contribution is 6.80. The fraction of sp³-hybridized carbons (Fsp3) is 0.667. The maximum Gasteiger partial charge on any atom is 0.166 e. The zero-order valence-corrected chi connectivity index (χ0v) is 13.7. The van der Waals surface area contributed by atoms with Crippen molar-refractivity contribution in [3.05, 3.63) is 24.0 Å². The maximum absolute atomic E-state index is 11.5. The summed E-state index contributed by atoms with van der Waals surface area (Å²) in [7, 11) is -1.59. The van der Waals surface area contributed by atoms with Crippen LogP contribution < -0.4 is 0 Å². The van der Waals surface area contributed by atoms with E-state index in [1.165, 1.54) is 12.5 Å². The quantitative estimate of drug-likeness (QED) is 0.539. The smallest absolute Gasteiger partial charge is 0.166 e. The molecule has 3 heteroatoms. The Kier molecular flexibility index (Phi) is 4.97. The second kappa shape index (κ2) is 5.87. The molecule has 0 unspecified atom stereocenters. The van der Waals surface area contributed by atoms with E-state index >= 15 is 0 Å². The zero-order valence-electron chi connectivity index (χ0n) is 12.7. The minimum Gasteiger partial charge on any atom is -0.379 e. The van der Waals surface area contributed by atoms with Gasteiger partial charge in [0.05, 0.1) is 0 Å². The number of Topliss-reactive ketones (excluding diaryl/α,β-unsaturated/α-hetero) is 1. The van der Waals surface area contributed by atoms with Crippen LogP contribution in [0.15, 0.2) is 18.5 Å². The summed E-state index contributed by atoms with van der Waals surface area (Å²) in [6, 6.07) is 3.26. The number of carbonyl (C=O) groups excluding carboxylic acids is 1. The van der Waals surface area contributed by atoms with Crippen LogP contribution in [0, 0.1) is 0 Å². The molecule has 1 heterocycles. The lowest BCUT2D eigenvalue weighted by atomic mass is 10.2. The van der Waals surface area contributed by atoms with Gasteiger partial charge in [-0.3, -0.25) is 4.79 Å². The second-order valence-corrected chi connectivity index (χ2v) is 11.2. The zero-order chi connectivity index (χ0) is 13.9. The molecule has 18 heavy (non-hydrogen) atoms. The van der Waals surface area contributed by atoms with Crippen molar-refractivity contribution in [3.63, 3.8) is 0 Å². The van der Waals surface area contributed by atoms with Crippen LogP contribution in [-0.2, 0) is 0 Å². The van der Waals surface area contributed by atoms with Crippen LogP contribution in [0.25, 0.3) is 0 Å². The molecular weight excluding hydrogens is 238 g/mol. The molecule has 2 nitrogen and oxygen atoms in total.